The van der Waals surface area contributed by atoms with E-state index in [4.69, 9.17) is 0 Å². The highest BCUT2D eigenvalue weighted by Gasteiger charge is 2.14. The molecule has 1 N–H and O–H groups in total. The van der Waals surface area contributed by atoms with Gasteiger partial charge in [-0.15, -0.1) is 0 Å². The lowest BCUT2D eigenvalue weighted by Crippen LogP contribution is -2.28. The quantitative estimate of drug-likeness (QED) is 0.893. The summed E-state index contributed by atoms with van der Waals surface area (Å²) >= 11 is 5.32. The van der Waals surface area contributed by atoms with Gasteiger partial charge in [0.2, 0.25) is 0 Å². The fourth-order valence-electron chi connectivity index (χ4n) is 1.75. The minimum atomic E-state index is 0.295. The van der Waals surface area contributed by atoms with Crippen molar-refractivity contribution in [2.45, 2.75) is 32.4 Å². The summed E-state index contributed by atoms with van der Waals surface area (Å²) in [4.78, 5) is 4.63. The van der Waals surface area contributed by atoms with Crippen molar-refractivity contribution in [3.05, 3.63) is 34.3 Å². The molecule has 1 heterocycles. The number of halogens is 1. The molecule has 0 radical (unpaired) electrons. The monoisotopic (exact) mass is 312 g/mol. The summed E-state index contributed by atoms with van der Waals surface area (Å²) in [5.74, 6) is 1.16. The zero-order valence-corrected chi connectivity index (χ0v) is 12.5. The van der Waals surface area contributed by atoms with Gasteiger partial charge in [-0.3, -0.25) is 4.99 Å². The highest BCUT2D eigenvalue weighted by atomic mass is 79.9. The van der Waals surface area contributed by atoms with Crippen LogP contribution in [0, 0.1) is 0 Å². The number of aliphatic imine (C=N–C) groups is 1. The largest absolute Gasteiger partial charge is 0.358 e. The first-order valence-corrected chi connectivity index (χ1v) is 7.65. The number of hydrogen-bond donors (Lipinski definition) is 1. The van der Waals surface area contributed by atoms with Crippen molar-refractivity contribution in [3.63, 3.8) is 0 Å². The highest BCUT2D eigenvalue weighted by Crippen LogP contribution is 2.21. The number of hydrogen-bond acceptors (Lipinski definition) is 3. The summed E-state index contributed by atoms with van der Waals surface area (Å²) in [5.41, 5.74) is 1.28. The molecular weight excluding hydrogens is 296 g/mol. The zero-order chi connectivity index (χ0) is 12.3. The molecule has 1 aliphatic rings. The molecule has 0 fully saturated rings. The van der Waals surface area contributed by atoms with E-state index in [0.717, 1.165) is 15.4 Å². The SMILES string of the molecule is CC1CCSC(NC(C)c2cccc(Br)c2)=N1. The van der Waals surface area contributed by atoms with Crippen LogP contribution in [0.1, 0.15) is 31.9 Å². The van der Waals surface area contributed by atoms with E-state index in [1.165, 1.54) is 12.0 Å². The maximum Gasteiger partial charge on any atom is 0.157 e. The third-order valence-corrected chi connectivity index (χ3v) is 4.23. The minimum Gasteiger partial charge on any atom is -0.358 e. The molecule has 1 aromatic carbocycles. The Morgan fingerprint density at radius 3 is 3.06 bits per heavy atom. The number of rotatable bonds is 2. The molecule has 0 amide bonds. The molecule has 0 spiro atoms. The van der Waals surface area contributed by atoms with E-state index in [-0.39, 0.29) is 0 Å². The second-order valence-corrected chi connectivity index (χ2v) is 6.34. The molecule has 0 saturated heterocycles. The Morgan fingerprint density at radius 2 is 2.35 bits per heavy atom. The fourth-order valence-corrected chi connectivity index (χ4v) is 3.34. The average molecular weight is 313 g/mol. The van der Waals surface area contributed by atoms with Crippen molar-refractivity contribution in [1.29, 1.82) is 0 Å². The van der Waals surface area contributed by atoms with Crippen molar-refractivity contribution in [2.24, 2.45) is 4.99 Å². The van der Waals surface area contributed by atoms with Crippen molar-refractivity contribution in [3.8, 4) is 0 Å². The molecule has 2 nitrogen and oxygen atoms in total. The van der Waals surface area contributed by atoms with Gasteiger partial charge in [-0.05, 0) is 38.0 Å². The molecule has 0 aromatic heterocycles. The van der Waals surface area contributed by atoms with Crippen LogP contribution >= 0.6 is 27.7 Å². The molecule has 17 heavy (non-hydrogen) atoms. The molecule has 4 heteroatoms. The normalized spacial score (nSPS) is 21.8. The summed E-state index contributed by atoms with van der Waals surface area (Å²) in [6, 6.07) is 9.15. The number of nitrogens with one attached hydrogen (secondary N) is 1. The number of amidine groups is 1. The summed E-state index contributed by atoms with van der Waals surface area (Å²) in [5, 5.41) is 4.56. The van der Waals surface area contributed by atoms with Gasteiger partial charge in [-0.1, -0.05) is 39.8 Å². The van der Waals surface area contributed by atoms with Crippen LogP contribution in [0.25, 0.3) is 0 Å². The minimum absolute atomic E-state index is 0.295. The van der Waals surface area contributed by atoms with Gasteiger partial charge in [0, 0.05) is 10.2 Å². The number of nitrogens with zero attached hydrogens (tertiary/aromatic N) is 1. The summed E-state index contributed by atoms with van der Waals surface area (Å²) in [7, 11) is 0. The van der Waals surface area contributed by atoms with Gasteiger partial charge in [0.15, 0.2) is 5.17 Å². The van der Waals surface area contributed by atoms with Crippen molar-refractivity contribution >= 4 is 32.9 Å². The molecule has 2 unspecified atom stereocenters. The van der Waals surface area contributed by atoms with Crippen LogP contribution in [0.5, 0.6) is 0 Å². The standard InChI is InChI=1S/C13H17BrN2S/c1-9-6-7-17-13(15-9)16-10(2)11-4-3-5-12(14)8-11/h3-5,8-10H,6-7H2,1-2H3,(H,15,16). The highest BCUT2D eigenvalue weighted by molar-refractivity contribution is 9.10. The molecule has 0 saturated carbocycles. The van der Waals surface area contributed by atoms with Gasteiger partial charge in [-0.2, -0.15) is 0 Å². The molecule has 92 valence electrons. The van der Waals surface area contributed by atoms with Crippen LogP contribution in [0.3, 0.4) is 0 Å². The van der Waals surface area contributed by atoms with Crippen LogP contribution in [0.15, 0.2) is 33.7 Å². The Balaban J connectivity index is 2.04. The van der Waals surface area contributed by atoms with E-state index in [2.05, 4.69) is 58.3 Å². The first kappa shape index (κ1) is 13.0. The molecule has 2 rings (SSSR count). The Labute approximate surface area is 115 Å². The lowest BCUT2D eigenvalue weighted by molar-refractivity contribution is 0.682. The summed E-state index contributed by atoms with van der Waals surface area (Å²) in [6.45, 7) is 4.34. The van der Waals surface area contributed by atoms with Crippen LogP contribution in [0.4, 0.5) is 0 Å². The van der Waals surface area contributed by atoms with E-state index in [1.807, 2.05) is 17.8 Å². The van der Waals surface area contributed by atoms with Gasteiger partial charge in [0.05, 0.1) is 12.1 Å². The maximum atomic E-state index is 4.63. The zero-order valence-electron chi connectivity index (χ0n) is 10.1. The smallest absolute Gasteiger partial charge is 0.157 e. The number of benzene rings is 1. The van der Waals surface area contributed by atoms with Gasteiger partial charge in [-0.25, -0.2) is 0 Å². The Morgan fingerprint density at radius 1 is 1.53 bits per heavy atom. The first-order valence-electron chi connectivity index (χ1n) is 5.88. The van der Waals surface area contributed by atoms with Crippen LogP contribution in [-0.2, 0) is 0 Å². The fraction of sp³-hybridized carbons (Fsp3) is 0.462. The molecule has 0 aliphatic carbocycles. The van der Waals surface area contributed by atoms with Crippen molar-refractivity contribution < 1.29 is 0 Å². The van der Waals surface area contributed by atoms with Crippen LogP contribution in [-0.4, -0.2) is 17.0 Å². The molecule has 1 aromatic rings. The van der Waals surface area contributed by atoms with Gasteiger partial charge >= 0.3 is 0 Å². The van der Waals surface area contributed by atoms with E-state index in [9.17, 15) is 0 Å². The predicted octanol–water partition coefficient (Wildman–Crippen LogP) is 3.98. The second kappa shape index (κ2) is 5.91. The molecule has 0 bridgehead atoms. The molecular formula is C13H17BrN2S. The van der Waals surface area contributed by atoms with Crippen molar-refractivity contribution in [2.75, 3.05) is 5.75 Å². The lowest BCUT2D eigenvalue weighted by atomic mass is 10.1. The van der Waals surface area contributed by atoms with E-state index in [1.54, 1.807) is 0 Å². The topological polar surface area (TPSA) is 24.4 Å². The van der Waals surface area contributed by atoms with Gasteiger partial charge in [0.1, 0.15) is 0 Å². The molecule has 2 atom stereocenters. The lowest BCUT2D eigenvalue weighted by Gasteiger charge is -2.21. The third-order valence-electron chi connectivity index (χ3n) is 2.80. The second-order valence-electron chi connectivity index (χ2n) is 4.34. The Kier molecular flexibility index (Phi) is 4.51. The number of thioether (sulfide) groups is 1. The first-order chi connectivity index (χ1) is 8.15. The van der Waals surface area contributed by atoms with Crippen LogP contribution < -0.4 is 5.32 Å². The third kappa shape index (κ3) is 3.75. The van der Waals surface area contributed by atoms with E-state index in [0.29, 0.717) is 12.1 Å². The summed E-state index contributed by atoms with van der Waals surface area (Å²) < 4.78 is 1.12. The van der Waals surface area contributed by atoms with Crippen molar-refractivity contribution in [1.82, 2.24) is 5.32 Å². The van der Waals surface area contributed by atoms with Gasteiger partial charge < -0.3 is 5.32 Å². The summed E-state index contributed by atoms with van der Waals surface area (Å²) in [6.07, 6.45) is 1.18. The maximum absolute atomic E-state index is 4.63. The van der Waals surface area contributed by atoms with Gasteiger partial charge in [0.25, 0.3) is 0 Å². The molecule has 1 aliphatic heterocycles. The van der Waals surface area contributed by atoms with E-state index < -0.39 is 0 Å². The Bertz CT molecular complexity index is 420. The van der Waals surface area contributed by atoms with E-state index >= 15 is 0 Å². The average Bonchev–Trinajstić information content (AvgIpc) is 2.29. The Hall–Kier alpha value is -0.480. The predicted molar refractivity (Wildman–Crippen MR) is 79.7 cm³/mol. The van der Waals surface area contributed by atoms with Crippen LogP contribution in [0.2, 0.25) is 0 Å².